The van der Waals surface area contributed by atoms with Crippen molar-refractivity contribution in [1.82, 2.24) is 5.43 Å². The molecular weight excluding hydrogens is 212 g/mol. The van der Waals surface area contributed by atoms with E-state index in [1.807, 2.05) is 0 Å². The van der Waals surface area contributed by atoms with Crippen LogP contribution in [0.1, 0.15) is 36.9 Å². The highest BCUT2D eigenvalue weighted by molar-refractivity contribution is 5.25. The molecule has 0 radical (unpaired) electrons. The molecule has 1 aliphatic heterocycles. The van der Waals surface area contributed by atoms with Crippen LogP contribution in [0, 0.1) is 5.92 Å². The summed E-state index contributed by atoms with van der Waals surface area (Å²) in [5.41, 5.74) is 5.60. The molecule has 1 saturated heterocycles. The third kappa shape index (κ3) is 3.06. The van der Waals surface area contributed by atoms with Crippen molar-refractivity contribution in [3.8, 4) is 0 Å². The Balaban J connectivity index is 2.07. The lowest BCUT2D eigenvalue weighted by Crippen LogP contribution is -2.33. The predicted molar refractivity (Wildman–Crippen MR) is 69.4 cm³/mol. The van der Waals surface area contributed by atoms with Crippen LogP contribution in [0.3, 0.4) is 0 Å². The highest BCUT2D eigenvalue weighted by atomic mass is 16.5. The first-order valence-corrected chi connectivity index (χ1v) is 6.48. The van der Waals surface area contributed by atoms with Crippen LogP contribution in [0.15, 0.2) is 24.3 Å². The van der Waals surface area contributed by atoms with Crippen molar-refractivity contribution in [1.29, 1.82) is 0 Å². The van der Waals surface area contributed by atoms with Crippen molar-refractivity contribution in [3.63, 3.8) is 0 Å². The largest absolute Gasteiger partial charge is 0.381 e. The van der Waals surface area contributed by atoms with Gasteiger partial charge in [-0.1, -0.05) is 37.6 Å². The summed E-state index contributed by atoms with van der Waals surface area (Å²) >= 11 is 0. The number of hydrogen-bond donors (Lipinski definition) is 2. The molecule has 0 saturated carbocycles. The number of hydrogen-bond acceptors (Lipinski definition) is 3. The first-order valence-electron chi connectivity index (χ1n) is 6.48. The molecule has 1 aromatic rings. The zero-order valence-electron chi connectivity index (χ0n) is 10.5. The Bertz CT molecular complexity index is 331. The molecule has 0 spiro atoms. The monoisotopic (exact) mass is 234 g/mol. The van der Waals surface area contributed by atoms with E-state index in [0.29, 0.717) is 5.92 Å². The van der Waals surface area contributed by atoms with Crippen molar-refractivity contribution in [3.05, 3.63) is 35.4 Å². The van der Waals surface area contributed by atoms with Gasteiger partial charge in [-0.2, -0.15) is 0 Å². The summed E-state index contributed by atoms with van der Waals surface area (Å²) in [6, 6.07) is 9.01. The summed E-state index contributed by atoms with van der Waals surface area (Å²) < 4.78 is 5.43. The summed E-state index contributed by atoms with van der Waals surface area (Å²) in [7, 11) is 0. The van der Waals surface area contributed by atoms with Crippen LogP contribution in [0.5, 0.6) is 0 Å². The van der Waals surface area contributed by atoms with E-state index in [-0.39, 0.29) is 6.04 Å². The van der Waals surface area contributed by atoms with Gasteiger partial charge in [0.2, 0.25) is 0 Å². The smallest absolute Gasteiger partial charge is 0.0513 e. The van der Waals surface area contributed by atoms with Gasteiger partial charge in [0.25, 0.3) is 0 Å². The van der Waals surface area contributed by atoms with Crippen molar-refractivity contribution < 1.29 is 4.74 Å². The van der Waals surface area contributed by atoms with Gasteiger partial charge < -0.3 is 4.74 Å². The van der Waals surface area contributed by atoms with E-state index in [4.69, 9.17) is 10.6 Å². The van der Waals surface area contributed by atoms with Gasteiger partial charge in [-0.25, -0.2) is 0 Å². The summed E-state index contributed by atoms with van der Waals surface area (Å²) in [6.07, 6.45) is 3.42. The first-order chi connectivity index (χ1) is 8.35. The van der Waals surface area contributed by atoms with E-state index < -0.39 is 0 Å². The van der Waals surface area contributed by atoms with Gasteiger partial charge in [-0.15, -0.1) is 0 Å². The fraction of sp³-hybridized carbons (Fsp3) is 0.571. The van der Waals surface area contributed by atoms with Crippen molar-refractivity contribution >= 4 is 0 Å². The zero-order valence-corrected chi connectivity index (χ0v) is 10.5. The third-order valence-corrected chi connectivity index (χ3v) is 3.49. The molecule has 1 fully saturated rings. The molecular formula is C14H22N2O. The quantitative estimate of drug-likeness (QED) is 0.606. The van der Waals surface area contributed by atoms with Gasteiger partial charge in [-0.3, -0.25) is 11.3 Å². The number of nitrogens with two attached hydrogens (primary N) is 1. The van der Waals surface area contributed by atoms with Crippen LogP contribution in [0.4, 0.5) is 0 Å². The molecule has 3 nitrogen and oxygen atoms in total. The molecule has 1 aromatic carbocycles. The highest BCUT2D eigenvalue weighted by Crippen LogP contribution is 2.28. The Morgan fingerprint density at radius 3 is 2.71 bits per heavy atom. The van der Waals surface area contributed by atoms with E-state index in [2.05, 4.69) is 36.6 Å². The Labute approximate surface area is 103 Å². The predicted octanol–water partition coefficient (Wildman–Crippen LogP) is 2.18. The standard InChI is InChI=1S/C14H22N2O/c1-2-3-11-4-6-12(7-5-11)14(16-15)13-8-9-17-10-13/h4-7,13-14,16H,2-3,8-10,15H2,1H3. The maximum Gasteiger partial charge on any atom is 0.0513 e. The van der Waals surface area contributed by atoms with Crippen molar-refractivity contribution in [2.75, 3.05) is 13.2 Å². The van der Waals surface area contributed by atoms with Crippen molar-refractivity contribution in [2.45, 2.75) is 32.2 Å². The topological polar surface area (TPSA) is 47.3 Å². The molecule has 94 valence electrons. The number of aryl methyl sites for hydroxylation is 1. The van der Waals surface area contributed by atoms with Crippen LogP contribution in [-0.2, 0) is 11.2 Å². The fourth-order valence-corrected chi connectivity index (χ4v) is 2.50. The van der Waals surface area contributed by atoms with Gasteiger partial charge in [0.05, 0.1) is 12.6 Å². The number of nitrogens with one attached hydrogen (secondary N) is 1. The van der Waals surface area contributed by atoms with Gasteiger partial charge in [0, 0.05) is 12.5 Å². The highest BCUT2D eigenvalue weighted by Gasteiger charge is 2.25. The molecule has 0 bridgehead atoms. The second-order valence-corrected chi connectivity index (χ2v) is 4.76. The molecule has 1 heterocycles. The number of ether oxygens (including phenoxy) is 1. The molecule has 2 atom stereocenters. The molecule has 2 rings (SSSR count). The summed E-state index contributed by atoms with van der Waals surface area (Å²) in [5.74, 6) is 6.17. The average Bonchev–Trinajstić information content (AvgIpc) is 2.86. The molecule has 0 amide bonds. The Hall–Kier alpha value is -0.900. The number of hydrazine groups is 1. The molecule has 0 aliphatic carbocycles. The number of rotatable bonds is 5. The van der Waals surface area contributed by atoms with Gasteiger partial charge >= 0.3 is 0 Å². The van der Waals surface area contributed by atoms with E-state index in [9.17, 15) is 0 Å². The Morgan fingerprint density at radius 2 is 2.18 bits per heavy atom. The molecule has 3 heteroatoms. The average molecular weight is 234 g/mol. The minimum absolute atomic E-state index is 0.216. The van der Waals surface area contributed by atoms with Crippen LogP contribution in [0.2, 0.25) is 0 Å². The SMILES string of the molecule is CCCc1ccc(C(NN)C2CCOC2)cc1. The minimum atomic E-state index is 0.216. The lowest BCUT2D eigenvalue weighted by molar-refractivity contribution is 0.177. The number of benzene rings is 1. The van der Waals surface area contributed by atoms with Crippen LogP contribution in [0.25, 0.3) is 0 Å². The van der Waals surface area contributed by atoms with Crippen LogP contribution >= 0.6 is 0 Å². The summed E-state index contributed by atoms with van der Waals surface area (Å²) in [5, 5.41) is 0. The Morgan fingerprint density at radius 1 is 1.41 bits per heavy atom. The van der Waals surface area contributed by atoms with Crippen LogP contribution < -0.4 is 11.3 Å². The fourth-order valence-electron chi connectivity index (χ4n) is 2.50. The lowest BCUT2D eigenvalue weighted by Gasteiger charge is -2.22. The second kappa shape index (κ2) is 6.15. The van der Waals surface area contributed by atoms with Crippen LogP contribution in [-0.4, -0.2) is 13.2 Å². The molecule has 17 heavy (non-hydrogen) atoms. The Kier molecular flexibility index (Phi) is 4.54. The van der Waals surface area contributed by atoms with E-state index in [0.717, 1.165) is 26.1 Å². The second-order valence-electron chi connectivity index (χ2n) is 4.76. The normalized spacial score (nSPS) is 21.6. The van der Waals surface area contributed by atoms with E-state index in [1.54, 1.807) is 0 Å². The maximum atomic E-state index is 5.68. The summed E-state index contributed by atoms with van der Waals surface area (Å²) in [4.78, 5) is 0. The molecule has 2 unspecified atom stereocenters. The van der Waals surface area contributed by atoms with E-state index >= 15 is 0 Å². The molecule has 3 N–H and O–H groups in total. The lowest BCUT2D eigenvalue weighted by atomic mass is 9.92. The van der Waals surface area contributed by atoms with E-state index in [1.165, 1.54) is 17.5 Å². The zero-order chi connectivity index (χ0) is 12.1. The van der Waals surface area contributed by atoms with Gasteiger partial charge in [-0.05, 0) is 24.0 Å². The molecule has 1 aliphatic rings. The summed E-state index contributed by atoms with van der Waals surface area (Å²) in [6.45, 7) is 3.87. The van der Waals surface area contributed by atoms with Crippen molar-refractivity contribution in [2.24, 2.45) is 11.8 Å². The minimum Gasteiger partial charge on any atom is -0.381 e. The van der Waals surface area contributed by atoms with Gasteiger partial charge in [0.1, 0.15) is 0 Å². The van der Waals surface area contributed by atoms with Gasteiger partial charge in [0.15, 0.2) is 0 Å². The molecule has 0 aromatic heterocycles. The first kappa shape index (κ1) is 12.6. The maximum absolute atomic E-state index is 5.68. The third-order valence-electron chi connectivity index (χ3n) is 3.49.